The summed E-state index contributed by atoms with van der Waals surface area (Å²) in [6, 6.07) is 4.37. The predicted molar refractivity (Wildman–Crippen MR) is 94.5 cm³/mol. The van der Waals surface area contributed by atoms with Crippen LogP contribution in [-0.2, 0) is 4.74 Å². The molecule has 8 heteroatoms. The maximum atomic E-state index is 9.27. The van der Waals surface area contributed by atoms with Crippen molar-refractivity contribution in [2.75, 3.05) is 26.3 Å². The van der Waals surface area contributed by atoms with Gasteiger partial charge in [-0.25, -0.2) is 4.98 Å². The van der Waals surface area contributed by atoms with Crippen LogP contribution < -0.4 is 0 Å². The minimum Gasteiger partial charge on any atom is -0.377 e. The summed E-state index contributed by atoms with van der Waals surface area (Å²) in [6.07, 6.45) is 5.25. The smallest absolute Gasteiger partial charge is 0.179 e. The summed E-state index contributed by atoms with van der Waals surface area (Å²) >= 11 is 0. The zero-order valence-corrected chi connectivity index (χ0v) is 14.7. The Labute approximate surface area is 150 Å². The summed E-state index contributed by atoms with van der Waals surface area (Å²) in [6.45, 7) is 5.39. The maximum Gasteiger partial charge on any atom is 0.179 e. The number of aromatic amines is 1. The molecular weight excluding hydrogens is 330 g/mol. The van der Waals surface area contributed by atoms with Gasteiger partial charge < -0.3 is 9.72 Å². The molecule has 0 aromatic carbocycles. The van der Waals surface area contributed by atoms with Crippen molar-refractivity contribution in [2.45, 2.75) is 31.2 Å². The van der Waals surface area contributed by atoms with Crippen LogP contribution in [0.15, 0.2) is 18.5 Å². The van der Waals surface area contributed by atoms with E-state index in [1.807, 2.05) is 12.3 Å². The first-order valence-corrected chi connectivity index (χ1v) is 9.12. The van der Waals surface area contributed by atoms with Crippen molar-refractivity contribution < 1.29 is 4.74 Å². The molecule has 2 fully saturated rings. The van der Waals surface area contributed by atoms with Gasteiger partial charge in [0.15, 0.2) is 11.3 Å². The third-order valence-electron chi connectivity index (χ3n) is 6.08. The minimum absolute atomic E-state index is 0.123. The van der Waals surface area contributed by atoms with Gasteiger partial charge >= 0.3 is 0 Å². The maximum absolute atomic E-state index is 9.27. The first kappa shape index (κ1) is 15.7. The van der Waals surface area contributed by atoms with E-state index in [0.717, 1.165) is 42.1 Å². The van der Waals surface area contributed by atoms with Gasteiger partial charge in [-0.05, 0) is 12.0 Å². The molecule has 0 spiro atoms. The Morgan fingerprint density at radius 1 is 1.38 bits per heavy atom. The number of ether oxygens (including phenoxy) is 1. The molecule has 3 aromatic rings. The molecule has 0 saturated carbocycles. The lowest BCUT2D eigenvalue weighted by atomic mass is 9.91. The van der Waals surface area contributed by atoms with Gasteiger partial charge in [-0.2, -0.15) is 5.26 Å². The fourth-order valence-corrected chi connectivity index (χ4v) is 4.48. The molecule has 0 aliphatic carbocycles. The van der Waals surface area contributed by atoms with Crippen LogP contribution in [0, 0.1) is 17.2 Å². The van der Waals surface area contributed by atoms with Gasteiger partial charge in [0.25, 0.3) is 0 Å². The van der Waals surface area contributed by atoms with Crippen molar-refractivity contribution in [1.82, 2.24) is 29.5 Å². The molecule has 2 saturated heterocycles. The molecule has 5 heterocycles. The average Bonchev–Trinajstić information content (AvgIpc) is 3.32. The van der Waals surface area contributed by atoms with E-state index in [9.17, 15) is 5.26 Å². The largest absolute Gasteiger partial charge is 0.377 e. The van der Waals surface area contributed by atoms with Crippen LogP contribution in [0.25, 0.3) is 16.8 Å². The lowest BCUT2D eigenvalue weighted by Gasteiger charge is -2.47. The van der Waals surface area contributed by atoms with Gasteiger partial charge in [0, 0.05) is 25.2 Å². The molecule has 26 heavy (non-hydrogen) atoms. The third-order valence-corrected chi connectivity index (χ3v) is 6.08. The number of aromatic nitrogens is 5. The summed E-state index contributed by atoms with van der Waals surface area (Å²) in [4.78, 5) is 10.0. The van der Waals surface area contributed by atoms with Crippen molar-refractivity contribution in [3.63, 3.8) is 0 Å². The lowest BCUT2D eigenvalue weighted by molar-refractivity contribution is -0.132. The van der Waals surface area contributed by atoms with Crippen LogP contribution in [0.1, 0.15) is 31.5 Å². The number of hydrogen-bond acceptors (Lipinski definition) is 6. The number of H-pyrrole nitrogens is 1. The van der Waals surface area contributed by atoms with Gasteiger partial charge in [-0.3, -0.25) is 9.30 Å². The second-order valence-corrected chi connectivity index (χ2v) is 7.45. The summed E-state index contributed by atoms with van der Waals surface area (Å²) in [5.41, 5.74) is 2.51. The molecule has 8 nitrogen and oxygen atoms in total. The first-order chi connectivity index (χ1) is 12.8. The van der Waals surface area contributed by atoms with Gasteiger partial charge in [0.1, 0.15) is 5.82 Å². The predicted octanol–water partition coefficient (Wildman–Crippen LogP) is 1.71. The molecule has 2 unspecified atom stereocenters. The molecule has 1 N–H and O–H groups in total. The van der Waals surface area contributed by atoms with Crippen molar-refractivity contribution in [3.8, 4) is 6.07 Å². The second kappa shape index (κ2) is 5.76. The SMILES string of the molecule is CCC1CN(C2(CC#N)COC2)CC1c1nnc2cnc3[nH]ccc3n12. The second-order valence-electron chi connectivity index (χ2n) is 7.45. The number of nitriles is 1. The molecule has 2 atom stereocenters. The number of likely N-dealkylation sites (tertiary alicyclic amines) is 1. The Hall–Kier alpha value is -2.50. The third kappa shape index (κ3) is 2.11. The van der Waals surface area contributed by atoms with Crippen LogP contribution in [-0.4, -0.2) is 61.3 Å². The number of fused-ring (bicyclic) bond motifs is 3. The molecule has 134 valence electrons. The number of rotatable bonds is 4. The van der Waals surface area contributed by atoms with E-state index in [1.165, 1.54) is 0 Å². The summed E-state index contributed by atoms with van der Waals surface area (Å²) in [7, 11) is 0. The minimum atomic E-state index is -0.123. The number of nitrogens with one attached hydrogen (secondary N) is 1. The Kier molecular flexibility index (Phi) is 3.48. The van der Waals surface area contributed by atoms with E-state index in [1.54, 1.807) is 6.20 Å². The van der Waals surface area contributed by atoms with E-state index in [2.05, 4.69) is 42.5 Å². The molecule has 0 amide bonds. The van der Waals surface area contributed by atoms with Gasteiger partial charge in [-0.15, -0.1) is 10.2 Å². The Morgan fingerprint density at radius 3 is 3.00 bits per heavy atom. The van der Waals surface area contributed by atoms with Gasteiger partial charge in [-0.1, -0.05) is 13.3 Å². The molecule has 0 bridgehead atoms. The van der Waals surface area contributed by atoms with E-state index < -0.39 is 0 Å². The van der Waals surface area contributed by atoms with E-state index in [-0.39, 0.29) is 11.5 Å². The number of hydrogen-bond donors (Lipinski definition) is 1. The molecule has 2 aliphatic heterocycles. The van der Waals surface area contributed by atoms with E-state index in [4.69, 9.17) is 4.74 Å². The molecule has 3 aromatic heterocycles. The lowest BCUT2D eigenvalue weighted by Crippen LogP contribution is -2.61. The highest BCUT2D eigenvalue weighted by Gasteiger charge is 2.49. The van der Waals surface area contributed by atoms with E-state index >= 15 is 0 Å². The van der Waals surface area contributed by atoms with Gasteiger partial charge in [0.2, 0.25) is 0 Å². The average molecular weight is 351 g/mol. The Bertz CT molecular complexity index is 996. The highest BCUT2D eigenvalue weighted by Crippen LogP contribution is 2.41. The zero-order chi connectivity index (χ0) is 17.7. The number of nitrogens with zero attached hydrogens (tertiary/aromatic N) is 6. The Morgan fingerprint density at radius 2 is 2.27 bits per heavy atom. The highest BCUT2D eigenvalue weighted by atomic mass is 16.5. The van der Waals surface area contributed by atoms with Crippen LogP contribution in [0.5, 0.6) is 0 Å². The van der Waals surface area contributed by atoms with Crippen LogP contribution in [0.2, 0.25) is 0 Å². The standard InChI is InChI=1S/C18H21N7O/c1-2-12-8-24(18(4-5-19)10-26-11-18)9-13(12)17-23-22-15-7-21-16-14(25(15)17)3-6-20-16/h3,6-7,12-13,20H,2,4,8-11H2,1H3. The summed E-state index contributed by atoms with van der Waals surface area (Å²) in [5.74, 6) is 1.76. The quantitative estimate of drug-likeness (QED) is 0.769. The highest BCUT2D eigenvalue weighted by molar-refractivity contribution is 5.74. The van der Waals surface area contributed by atoms with E-state index in [0.29, 0.717) is 25.6 Å². The molecule has 0 radical (unpaired) electrons. The fourth-order valence-electron chi connectivity index (χ4n) is 4.48. The summed E-state index contributed by atoms with van der Waals surface area (Å²) in [5, 5.41) is 18.2. The summed E-state index contributed by atoms with van der Waals surface area (Å²) < 4.78 is 7.61. The monoisotopic (exact) mass is 351 g/mol. The van der Waals surface area contributed by atoms with Crippen molar-refractivity contribution in [3.05, 3.63) is 24.3 Å². The topological polar surface area (TPSA) is 95.1 Å². The zero-order valence-electron chi connectivity index (χ0n) is 14.7. The molecular formula is C18H21N7O. The molecule has 5 rings (SSSR count). The van der Waals surface area contributed by atoms with Crippen LogP contribution >= 0.6 is 0 Å². The van der Waals surface area contributed by atoms with Crippen molar-refractivity contribution in [1.29, 1.82) is 5.26 Å². The van der Waals surface area contributed by atoms with Crippen LogP contribution in [0.4, 0.5) is 0 Å². The normalized spacial score (nSPS) is 25.5. The Balaban J connectivity index is 1.56. The van der Waals surface area contributed by atoms with Gasteiger partial charge in [0.05, 0.1) is 43.0 Å². The van der Waals surface area contributed by atoms with Crippen molar-refractivity contribution in [2.24, 2.45) is 5.92 Å². The van der Waals surface area contributed by atoms with Crippen LogP contribution in [0.3, 0.4) is 0 Å². The first-order valence-electron chi connectivity index (χ1n) is 9.12. The fraction of sp³-hybridized carbons (Fsp3) is 0.556. The molecule has 2 aliphatic rings. The van der Waals surface area contributed by atoms with Crippen molar-refractivity contribution >= 4 is 16.8 Å².